The number of ether oxygens (including phenoxy) is 1. The quantitative estimate of drug-likeness (QED) is 0.613. The van der Waals surface area contributed by atoms with Crippen LogP contribution in [0.3, 0.4) is 0 Å². The van der Waals surface area contributed by atoms with Gasteiger partial charge in [-0.3, -0.25) is 0 Å². The van der Waals surface area contributed by atoms with Gasteiger partial charge in [0.05, 0.1) is 13.2 Å². The van der Waals surface area contributed by atoms with Crippen molar-refractivity contribution in [3.63, 3.8) is 0 Å². The van der Waals surface area contributed by atoms with E-state index in [1.165, 1.54) is 16.7 Å². The van der Waals surface area contributed by atoms with Gasteiger partial charge in [-0.1, -0.05) is 24.8 Å². The molecule has 0 saturated heterocycles. The van der Waals surface area contributed by atoms with Crippen molar-refractivity contribution in [3.05, 3.63) is 41.5 Å². The average Bonchev–Trinajstić information content (AvgIpc) is 2.17. The van der Waals surface area contributed by atoms with E-state index >= 15 is 0 Å². The minimum atomic E-state index is 0.761. The summed E-state index contributed by atoms with van der Waals surface area (Å²) in [6.45, 7) is 5.36. The van der Waals surface area contributed by atoms with Gasteiger partial charge in [-0.05, 0) is 29.2 Å². The maximum absolute atomic E-state index is 5.36. The lowest BCUT2D eigenvalue weighted by Gasteiger charge is -2.16. The van der Waals surface area contributed by atoms with Crippen LogP contribution in [-0.2, 0) is 17.8 Å². The van der Waals surface area contributed by atoms with Crippen molar-refractivity contribution >= 4 is 6.08 Å². The molecule has 2 rings (SSSR count). The van der Waals surface area contributed by atoms with E-state index in [4.69, 9.17) is 4.74 Å². The monoisotopic (exact) mass is 160 g/mol. The normalized spacial score (nSPS) is 15.3. The lowest BCUT2D eigenvalue weighted by Crippen LogP contribution is -2.09. The molecule has 62 valence electrons. The van der Waals surface area contributed by atoms with Gasteiger partial charge in [-0.15, -0.1) is 0 Å². The summed E-state index contributed by atoms with van der Waals surface area (Å²) in [7, 11) is 0. The molecule has 0 aliphatic carbocycles. The van der Waals surface area contributed by atoms with Crippen molar-refractivity contribution in [3.8, 4) is 0 Å². The van der Waals surface area contributed by atoms with Gasteiger partial charge in [0.1, 0.15) is 0 Å². The summed E-state index contributed by atoms with van der Waals surface area (Å²) in [5, 5.41) is 0. The third-order valence-electron chi connectivity index (χ3n) is 2.24. The molecule has 0 spiro atoms. The average molecular weight is 160 g/mol. The van der Waals surface area contributed by atoms with Crippen LogP contribution < -0.4 is 0 Å². The van der Waals surface area contributed by atoms with Crippen LogP contribution in [0.1, 0.15) is 16.7 Å². The SMILES string of the molecule is C=Cc1ccc2c(c1)COCC2. The summed E-state index contributed by atoms with van der Waals surface area (Å²) in [5.41, 5.74) is 3.92. The highest BCUT2D eigenvalue weighted by Gasteiger charge is 2.08. The summed E-state index contributed by atoms with van der Waals surface area (Å²) in [6.07, 6.45) is 2.92. The molecule has 0 unspecified atom stereocenters. The number of fused-ring (bicyclic) bond motifs is 1. The minimum absolute atomic E-state index is 0.761. The molecule has 1 aromatic rings. The van der Waals surface area contributed by atoms with Crippen molar-refractivity contribution in [2.45, 2.75) is 13.0 Å². The lowest BCUT2D eigenvalue weighted by molar-refractivity contribution is 0.111. The Morgan fingerprint density at radius 2 is 2.25 bits per heavy atom. The second-order valence-corrected chi connectivity index (χ2v) is 3.03. The Kier molecular flexibility index (Phi) is 1.96. The fourth-order valence-corrected chi connectivity index (χ4v) is 1.52. The molecular weight excluding hydrogens is 148 g/mol. The van der Waals surface area contributed by atoms with E-state index in [1.807, 2.05) is 6.08 Å². The van der Waals surface area contributed by atoms with E-state index in [2.05, 4.69) is 24.8 Å². The fourth-order valence-electron chi connectivity index (χ4n) is 1.52. The number of benzene rings is 1. The first kappa shape index (κ1) is 7.56. The molecule has 0 aromatic heterocycles. The van der Waals surface area contributed by atoms with E-state index in [9.17, 15) is 0 Å². The molecule has 1 heterocycles. The van der Waals surface area contributed by atoms with Gasteiger partial charge in [0.2, 0.25) is 0 Å². The van der Waals surface area contributed by atoms with Crippen LogP contribution in [0.25, 0.3) is 6.08 Å². The summed E-state index contributed by atoms with van der Waals surface area (Å²) >= 11 is 0. The zero-order chi connectivity index (χ0) is 8.39. The van der Waals surface area contributed by atoms with Crippen molar-refractivity contribution in [1.82, 2.24) is 0 Å². The van der Waals surface area contributed by atoms with Crippen molar-refractivity contribution in [1.29, 1.82) is 0 Å². The van der Waals surface area contributed by atoms with Gasteiger partial charge in [0.15, 0.2) is 0 Å². The second-order valence-electron chi connectivity index (χ2n) is 3.03. The van der Waals surface area contributed by atoms with Crippen molar-refractivity contribution < 1.29 is 4.74 Å². The summed E-state index contributed by atoms with van der Waals surface area (Å²) in [6, 6.07) is 6.44. The molecule has 0 fully saturated rings. The van der Waals surface area contributed by atoms with Crippen LogP contribution >= 0.6 is 0 Å². The molecule has 0 amide bonds. The molecule has 1 aliphatic rings. The van der Waals surface area contributed by atoms with Gasteiger partial charge < -0.3 is 4.74 Å². The van der Waals surface area contributed by atoms with Gasteiger partial charge in [0, 0.05) is 0 Å². The Hall–Kier alpha value is -1.08. The van der Waals surface area contributed by atoms with Gasteiger partial charge in [-0.2, -0.15) is 0 Å². The van der Waals surface area contributed by atoms with E-state index < -0.39 is 0 Å². The first-order valence-corrected chi connectivity index (χ1v) is 4.22. The highest BCUT2D eigenvalue weighted by Crippen LogP contribution is 2.18. The second kappa shape index (κ2) is 3.11. The third kappa shape index (κ3) is 1.28. The number of hydrogen-bond acceptors (Lipinski definition) is 1. The maximum Gasteiger partial charge on any atom is 0.0719 e. The molecule has 1 heteroatoms. The highest BCUT2D eigenvalue weighted by molar-refractivity contribution is 5.50. The van der Waals surface area contributed by atoms with Crippen molar-refractivity contribution in [2.24, 2.45) is 0 Å². The largest absolute Gasteiger partial charge is 0.376 e. The summed E-state index contributed by atoms with van der Waals surface area (Å²) < 4.78 is 5.36. The van der Waals surface area contributed by atoms with Crippen LogP contribution in [0, 0.1) is 0 Å². The first-order valence-electron chi connectivity index (χ1n) is 4.22. The zero-order valence-electron chi connectivity index (χ0n) is 7.05. The van der Waals surface area contributed by atoms with Crippen LogP contribution in [0.15, 0.2) is 24.8 Å². The zero-order valence-corrected chi connectivity index (χ0v) is 7.05. The van der Waals surface area contributed by atoms with Crippen LogP contribution in [0.4, 0.5) is 0 Å². The number of hydrogen-bond donors (Lipinski definition) is 0. The third-order valence-corrected chi connectivity index (χ3v) is 2.24. The Labute approximate surface area is 72.7 Å². The molecular formula is C11H12O. The number of rotatable bonds is 1. The first-order chi connectivity index (χ1) is 5.90. The highest BCUT2D eigenvalue weighted by atomic mass is 16.5. The van der Waals surface area contributed by atoms with Crippen LogP contribution in [0.5, 0.6) is 0 Å². The van der Waals surface area contributed by atoms with E-state index in [0.717, 1.165) is 19.6 Å². The molecule has 0 bridgehead atoms. The van der Waals surface area contributed by atoms with Gasteiger partial charge in [0.25, 0.3) is 0 Å². The molecule has 0 N–H and O–H groups in total. The topological polar surface area (TPSA) is 9.23 Å². The van der Waals surface area contributed by atoms with Gasteiger partial charge >= 0.3 is 0 Å². The maximum atomic E-state index is 5.36. The van der Waals surface area contributed by atoms with Crippen molar-refractivity contribution in [2.75, 3.05) is 6.61 Å². The Morgan fingerprint density at radius 3 is 3.08 bits per heavy atom. The summed E-state index contributed by atoms with van der Waals surface area (Å²) in [5.74, 6) is 0. The lowest BCUT2D eigenvalue weighted by atomic mass is 10.0. The van der Waals surface area contributed by atoms with Crippen LogP contribution in [0.2, 0.25) is 0 Å². The molecule has 0 radical (unpaired) electrons. The van der Waals surface area contributed by atoms with Gasteiger partial charge in [-0.25, -0.2) is 0 Å². The van der Waals surface area contributed by atoms with E-state index in [0.29, 0.717) is 0 Å². The minimum Gasteiger partial charge on any atom is -0.376 e. The predicted molar refractivity (Wildman–Crippen MR) is 49.9 cm³/mol. The smallest absolute Gasteiger partial charge is 0.0719 e. The molecule has 0 atom stereocenters. The molecule has 1 nitrogen and oxygen atoms in total. The molecule has 0 saturated carbocycles. The Morgan fingerprint density at radius 1 is 1.33 bits per heavy atom. The Bertz CT molecular complexity index is 302. The Balaban J connectivity index is 2.42. The van der Waals surface area contributed by atoms with Crippen LogP contribution in [-0.4, -0.2) is 6.61 Å². The van der Waals surface area contributed by atoms with E-state index in [-0.39, 0.29) is 0 Å². The molecule has 1 aliphatic heterocycles. The predicted octanol–water partition coefficient (Wildman–Crippen LogP) is 2.40. The van der Waals surface area contributed by atoms with E-state index in [1.54, 1.807) is 0 Å². The summed E-state index contributed by atoms with van der Waals surface area (Å²) in [4.78, 5) is 0. The molecule has 12 heavy (non-hydrogen) atoms. The molecule has 1 aromatic carbocycles. The fraction of sp³-hybridized carbons (Fsp3) is 0.273. The standard InChI is InChI=1S/C11H12O/c1-2-9-3-4-10-5-6-12-8-11(10)7-9/h2-4,7H,1,5-6,8H2.